The van der Waals surface area contributed by atoms with Gasteiger partial charge in [0.05, 0.1) is 0 Å². The third-order valence-electron chi connectivity index (χ3n) is 8.09. The summed E-state index contributed by atoms with van der Waals surface area (Å²) in [6, 6.07) is 18.6. The lowest BCUT2D eigenvalue weighted by atomic mass is 9.72. The van der Waals surface area contributed by atoms with E-state index in [0.717, 1.165) is 43.1 Å². The minimum Gasteiger partial charge on any atom is -0.327 e. The van der Waals surface area contributed by atoms with Crippen LogP contribution >= 0.6 is 23.2 Å². The molecule has 7 heteroatoms. The van der Waals surface area contributed by atoms with E-state index in [4.69, 9.17) is 23.2 Å². The van der Waals surface area contributed by atoms with Crippen molar-refractivity contribution < 1.29 is 4.79 Å². The Morgan fingerprint density at radius 2 is 1.70 bits per heavy atom. The molecule has 2 heterocycles. The number of likely N-dealkylation sites (N-methyl/N-ethyl adjacent to an activating group) is 1. The van der Waals surface area contributed by atoms with Crippen molar-refractivity contribution in [3.8, 4) is 11.1 Å². The second-order valence-corrected chi connectivity index (χ2v) is 11.4. The lowest BCUT2D eigenvalue weighted by Crippen LogP contribution is -2.51. The Labute approximate surface area is 229 Å². The van der Waals surface area contributed by atoms with E-state index in [-0.39, 0.29) is 11.4 Å². The number of carbonyl (C=O) groups is 1. The highest BCUT2D eigenvalue weighted by Crippen LogP contribution is 2.39. The van der Waals surface area contributed by atoms with E-state index in [1.807, 2.05) is 19.3 Å². The molecule has 0 spiro atoms. The van der Waals surface area contributed by atoms with Crippen LogP contribution < -0.4 is 5.32 Å². The van der Waals surface area contributed by atoms with Gasteiger partial charge in [0.15, 0.2) is 0 Å². The van der Waals surface area contributed by atoms with E-state index in [1.54, 1.807) is 29.3 Å². The Morgan fingerprint density at radius 1 is 1.03 bits per heavy atom. The minimum absolute atomic E-state index is 0.110. The molecular weight excluding hydrogens is 503 g/mol. The molecule has 3 aromatic rings. The third-order valence-corrected chi connectivity index (χ3v) is 8.53. The lowest BCUT2D eigenvalue weighted by molar-refractivity contribution is 0.101. The molecule has 1 saturated heterocycles. The predicted molar refractivity (Wildman–Crippen MR) is 153 cm³/mol. The molecule has 0 unspecified atom stereocenters. The highest BCUT2D eigenvalue weighted by molar-refractivity contribution is 6.35. The summed E-state index contributed by atoms with van der Waals surface area (Å²) >= 11 is 12.3. The largest absolute Gasteiger partial charge is 0.327 e. The molecule has 5 rings (SSSR count). The van der Waals surface area contributed by atoms with E-state index < -0.39 is 0 Å². The van der Waals surface area contributed by atoms with Crippen LogP contribution in [0.3, 0.4) is 0 Å². The number of rotatable bonds is 6. The molecule has 1 aliphatic carbocycles. The van der Waals surface area contributed by atoms with Gasteiger partial charge in [-0.2, -0.15) is 0 Å². The molecule has 2 fully saturated rings. The van der Waals surface area contributed by atoms with Crippen LogP contribution in [-0.4, -0.2) is 53.5 Å². The van der Waals surface area contributed by atoms with E-state index in [0.29, 0.717) is 22.3 Å². The fraction of sp³-hybridized carbons (Fsp3) is 0.400. The van der Waals surface area contributed by atoms with Crippen molar-refractivity contribution in [2.75, 3.05) is 32.0 Å². The van der Waals surface area contributed by atoms with Crippen molar-refractivity contribution in [1.82, 2.24) is 14.8 Å². The van der Waals surface area contributed by atoms with Gasteiger partial charge < -0.3 is 15.1 Å². The summed E-state index contributed by atoms with van der Waals surface area (Å²) in [6.07, 6.45) is 11.1. The van der Waals surface area contributed by atoms with Crippen molar-refractivity contribution in [2.24, 2.45) is 0 Å². The quantitative estimate of drug-likeness (QED) is 0.354. The Balaban J connectivity index is 1.36. The van der Waals surface area contributed by atoms with Gasteiger partial charge in [-0.25, -0.2) is 4.79 Å². The van der Waals surface area contributed by atoms with Crippen molar-refractivity contribution in [2.45, 2.75) is 50.0 Å². The van der Waals surface area contributed by atoms with Crippen molar-refractivity contribution in [1.29, 1.82) is 0 Å². The van der Waals surface area contributed by atoms with Gasteiger partial charge in [-0.15, -0.1) is 0 Å². The number of nitrogens with one attached hydrogen (secondary N) is 1. The molecule has 0 bridgehead atoms. The Hall–Kier alpha value is -2.60. The number of hydrogen-bond donors (Lipinski definition) is 1. The zero-order chi connectivity index (χ0) is 25.8. The summed E-state index contributed by atoms with van der Waals surface area (Å²) in [7, 11) is 1.87. The highest BCUT2D eigenvalue weighted by atomic mass is 35.5. The van der Waals surface area contributed by atoms with E-state index in [9.17, 15) is 4.79 Å². The van der Waals surface area contributed by atoms with Gasteiger partial charge >= 0.3 is 6.03 Å². The summed E-state index contributed by atoms with van der Waals surface area (Å²) in [5, 5.41) is 3.96. The second-order valence-electron chi connectivity index (χ2n) is 10.5. The number of anilines is 1. The molecule has 2 aromatic carbocycles. The van der Waals surface area contributed by atoms with Crippen LogP contribution in [0.4, 0.5) is 10.5 Å². The van der Waals surface area contributed by atoms with Crippen LogP contribution in [0.2, 0.25) is 10.0 Å². The van der Waals surface area contributed by atoms with E-state index in [1.165, 1.54) is 31.2 Å². The smallest absolute Gasteiger partial charge is 0.321 e. The molecule has 0 atom stereocenters. The number of hydrogen-bond acceptors (Lipinski definition) is 3. The molecule has 2 amide bonds. The number of benzene rings is 2. The van der Waals surface area contributed by atoms with Gasteiger partial charge in [-0.3, -0.25) is 4.98 Å². The summed E-state index contributed by atoms with van der Waals surface area (Å²) < 4.78 is 0. The Morgan fingerprint density at radius 3 is 2.32 bits per heavy atom. The number of aromatic nitrogens is 1. The number of halogens is 2. The number of urea groups is 1. The van der Waals surface area contributed by atoms with Crippen LogP contribution in [0, 0.1) is 0 Å². The van der Waals surface area contributed by atoms with Gasteiger partial charge in [-0.05, 0) is 79.7 Å². The van der Waals surface area contributed by atoms with Crippen LogP contribution in [0.5, 0.6) is 0 Å². The normalized spacial score (nSPS) is 18.0. The van der Waals surface area contributed by atoms with Crippen molar-refractivity contribution in [3.05, 3.63) is 82.6 Å². The molecular formula is C30H34Cl2N4O. The topological polar surface area (TPSA) is 48.5 Å². The fourth-order valence-electron chi connectivity index (χ4n) is 6.05. The molecule has 1 saturated carbocycles. The monoisotopic (exact) mass is 536 g/mol. The van der Waals surface area contributed by atoms with E-state index in [2.05, 4.69) is 45.5 Å². The standard InChI is InChI=1S/C30H34Cl2N4O/c1-35(29(37)34-27-18-25(31)17-26(32)19-27)21-30(12-15-36(16-13-30)28-6-2-3-7-28)24-10-8-22(9-11-24)23-5-4-14-33-20-23/h4-5,8-11,14,17-20,28H,2-3,6-7,12-13,15-16,21H2,1H3,(H,34,37). The zero-order valence-electron chi connectivity index (χ0n) is 21.3. The SMILES string of the molecule is CN(CC1(c2ccc(-c3cccnc3)cc2)CCN(C2CCCC2)CC1)C(=O)Nc1cc(Cl)cc(Cl)c1. The molecule has 0 radical (unpaired) electrons. The first-order valence-electron chi connectivity index (χ1n) is 13.2. The molecule has 37 heavy (non-hydrogen) atoms. The molecule has 2 aliphatic rings. The zero-order valence-corrected chi connectivity index (χ0v) is 22.8. The summed E-state index contributed by atoms with van der Waals surface area (Å²) in [5.41, 5.74) is 4.03. The molecule has 1 aliphatic heterocycles. The first kappa shape index (κ1) is 26.0. The Kier molecular flexibility index (Phi) is 8.04. The van der Waals surface area contributed by atoms with Gasteiger partial charge in [0.1, 0.15) is 0 Å². The summed E-state index contributed by atoms with van der Waals surface area (Å²) in [4.78, 5) is 22.0. The number of carbonyl (C=O) groups excluding carboxylic acids is 1. The lowest BCUT2D eigenvalue weighted by Gasteiger charge is -2.46. The first-order valence-corrected chi connectivity index (χ1v) is 13.9. The average molecular weight is 538 g/mol. The van der Waals surface area contributed by atoms with Crippen LogP contribution in [0.1, 0.15) is 44.1 Å². The van der Waals surface area contributed by atoms with Crippen LogP contribution in [0.15, 0.2) is 67.0 Å². The third kappa shape index (κ3) is 6.11. The summed E-state index contributed by atoms with van der Waals surface area (Å²) in [5.74, 6) is 0. The maximum Gasteiger partial charge on any atom is 0.321 e. The maximum atomic E-state index is 13.2. The summed E-state index contributed by atoms with van der Waals surface area (Å²) in [6.45, 7) is 2.76. The molecule has 1 N–H and O–H groups in total. The average Bonchev–Trinajstić information content (AvgIpc) is 3.44. The highest BCUT2D eigenvalue weighted by Gasteiger charge is 2.40. The number of nitrogens with zero attached hydrogens (tertiary/aromatic N) is 3. The van der Waals surface area contributed by atoms with E-state index >= 15 is 0 Å². The number of pyridine rings is 1. The predicted octanol–water partition coefficient (Wildman–Crippen LogP) is 7.50. The molecule has 1 aromatic heterocycles. The van der Waals surface area contributed by atoms with Gasteiger partial charge in [0.2, 0.25) is 0 Å². The van der Waals surface area contributed by atoms with Crippen molar-refractivity contribution >= 4 is 34.9 Å². The molecule has 5 nitrogen and oxygen atoms in total. The maximum absolute atomic E-state index is 13.2. The first-order chi connectivity index (χ1) is 17.9. The molecule has 194 valence electrons. The van der Waals surface area contributed by atoms with Crippen LogP contribution in [-0.2, 0) is 5.41 Å². The van der Waals surface area contributed by atoms with Gasteiger partial charge in [-0.1, -0.05) is 66.4 Å². The van der Waals surface area contributed by atoms with Crippen molar-refractivity contribution in [3.63, 3.8) is 0 Å². The second kappa shape index (κ2) is 11.4. The van der Waals surface area contributed by atoms with Crippen LogP contribution in [0.25, 0.3) is 11.1 Å². The van der Waals surface area contributed by atoms with Gasteiger partial charge in [0.25, 0.3) is 0 Å². The number of piperidine rings is 1. The number of amides is 2. The Bertz CT molecular complexity index is 1180. The minimum atomic E-state index is -0.164. The number of likely N-dealkylation sites (tertiary alicyclic amines) is 1. The fourth-order valence-corrected chi connectivity index (χ4v) is 6.57. The van der Waals surface area contributed by atoms with Gasteiger partial charge in [0, 0.05) is 53.2 Å².